The first-order valence-electron chi connectivity index (χ1n) is 8.80. The molecule has 0 saturated carbocycles. The summed E-state index contributed by atoms with van der Waals surface area (Å²) in [5.41, 5.74) is 2.16. The molecule has 0 fully saturated rings. The molecule has 0 aromatic heterocycles. The Labute approximate surface area is 192 Å². The van der Waals surface area contributed by atoms with Crippen molar-refractivity contribution < 1.29 is 9.53 Å². The lowest BCUT2D eigenvalue weighted by atomic mass is 10.1. The van der Waals surface area contributed by atoms with Gasteiger partial charge in [0, 0.05) is 15.7 Å². The van der Waals surface area contributed by atoms with E-state index in [0.717, 1.165) is 5.56 Å². The zero-order valence-electron chi connectivity index (χ0n) is 15.5. The number of rotatable bonds is 6. The molecular formula is C23H15BrCl2N2O2. The van der Waals surface area contributed by atoms with E-state index in [-0.39, 0.29) is 5.57 Å². The van der Waals surface area contributed by atoms with Crippen LogP contribution in [0, 0.1) is 11.3 Å². The highest BCUT2D eigenvalue weighted by molar-refractivity contribution is 9.10. The molecule has 3 aromatic rings. The Hall–Kier alpha value is -2.78. The van der Waals surface area contributed by atoms with Crippen LogP contribution in [0.4, 0.5) is 5.69 Å². The lowest BCUT2D eigenvalue weighted by molar-refractivity contribution is -0.112. The molecule has 0 saturated heterocycles. The summed E-state index contributed by atoms with van der Waals surface area (Å²) in [6.07, 6.45) is 1.51. The van der Waals surface area contributed by atoms with Gasteiger partial charge in [0.15, 0.2) is 0 Å². The molecule has 30 heavy (non-hydrogen) atoms. The number of benzene rings is 3. The van der Waals surface area contributed by atoms with Gasteiger partial charge in [-0.2, -0.15) is 5.26 Å². The molecule has 3 rings (SSSR count). The average molecular weight is 502 g/mol. The molecule has 0 aliphatic heterocycles. The summed E-state index contributed by atoms with van der Waals surface area (Å²) in [5.74, 6) is 0.133. The molecule has 7 heteroatoms. The maximum absolute atomic E-state index is 12.4. The summed E-state index contributed by atoms with van der Waals surface area (Å²) in [6, 6.07) is 21.3. The molecule has 0 bridgehead atoms. The van der Waals surface area contributed by atoms with Crippen molar-refractivity contribution in [2.45, 2.75) is 6.61 Å². The Balaban J connectivity index is 1.70. The second-order valence-corrected chi connectivity index (χ2v) is 7.97. The number of anilines is 1. The molecule has 0 aliphatic rings. The number of hydrogen-bond acceptors (Lipinski definition) is 3. The first-order chi connectivity index (χ1) is 14.4. The van der Waals surface area contributed by atoms with E-state index in [9.17, 15) is 10.1 Å². The highest BCUT2D eigenvalue weighted by atomic mass is 79.9. The molecule has 1 N–H and O–H groups in total. The monoisotopic (exact) mass is 500 g/mol. The van der Waals surface area contributed by atoms with Crippen molar-refractivity contribution in [3.63, 3.8) is 0 Å². The molecule has 3 aromatic carbocycles. The normalized spacial score (nSPS) is 10.9. The quantitative estimate of drug-likeness (QED) is 0.295. The van der Waals surface area contributed by atoms with Gasteiger partial charge in [-0.1, -0.05) is 41.4 Å². The minimum Gasteiger partial charge on any atom is -0.488 e. The number of amides is 1. The minimum atomic E-state index is -0.503. The molecule has 4 nitrogen and oxygen atoms in total. The Morgan fingerprint density at radius 3 is 2.50 bits per heavy atom. The summed E-state index contributed by atoms with van der Waals surface area (Å²) >= 11 is 15.3. The standard InChI is InChI=1S/C23H15BrCl2N2O2/c24-21-12-15(4-9-22(21)30-14-16-2-1-3-19(26)11-16)10-17(13-27)23(29)28-20-7-5-18(25)6-8-20/h1-12H,14H2,(H,28,29)/b17-10+. The lowest BCUT2D eigenvalue weighted by Gasteiger charge is -2.09. The highest BCUT2D eigenvalue weighted by Gasteiger charge is 2.11. The summed E-state index contributed by atoms with van der Waals surface area (Å²) in [7, 11) is 0. The van der Waals surface area contributed by atoms with Crippen molar-refractivity contribution in [3.05, 3.63) is 97.9 Å². The number of nitrogens with one attached hydrogen (secondary N) is 1. The molecule has 0 atom stereocenters. The van der Waals surface area contributed by atoms with E-state index in [2.05, 4.69) is 21.2 Å². The van der Waals surface area contributed by atoms with Gasteiger partial charge in [0.1, 0.15) is 24.0 Å². The van der Waals surface area contributed by atoms with Crippen molar-refractivity contribution >= 4 is 56.8 Å². The van der Waals surface area contributed by atoms with Crippen LogP contribution in [-0.4, -0.2) is 5.91 Å². The zero-order chi connectivity index (χ0) is 21.5. The van der Waals surface area contributed by atoms with Crippen LogP contribution in [0.2, 0.25) is 10.0 Å². The van der Waals surface area contributed by atoms with Crippen molar-refractivity contribution in [1.82, 2.24) is 0 Å². The molecule has 0 aliphatic carbocycles. The molecule has 0 spiro atoms. The van der Waals surface area contributed by atoms with Crippen molar-refractivity contribution in [2.75, 3.05) is 5.32 Å². The van der Waals surface area contributed by atoms with Crippen LogP contribution >= 0.6 is 39.1 Å². The van der Waals surface area contributed by atoms with E-state index in [1.54, 1.807) is 48.5 Å². The van der Waals surface area contributed by atoms with Gasteiger partial charge in [0.05, 0.1) is 4.47 Å². The minimum absolute atomic E-state index is 0.0237. The first-order valence-corrected chi connectivity index (χ1v) is 10.3. The number of halogens is 3. The predicted octanol–water partition coefficient (Wildman–Crippen LogP) is 6.88. The smallest absolute Gasteiger partial charge is 0.266 e. The number of nitrogens with zero attached hydrogens (tertiary/aromatic N) is 1. The second-order valence-electron chi connectivity index (χ2n) is 6.24. The van der Waals surface area contributed by atoms with Crippen LogP contribution in [-0.2, 0) is 11.4 Å². The third-order valence-electron chi connectivity index (χ3n) is 4.02. The molecule has 0 heterocycles. The Morgan fingerprint density at radius 1 is 1.07 bits per heavy atom. The van der Waals surface area contributed by atoms with E-state index in [1.807, 2.05) is 24.3 Å². The molecule has 0 radical (unpaired) electrons. The lowest BCUT2D eigenvalue weighted by Crippen LogP contribution is -2.13. The van der Waals surface area contributed by atoms with Crippen LogP contribution in [0.25, 0.3) is 6.08 Å². The predicted molar refractivity (Wildman–Crippen MR) is 124 cm³/mol. The van der Waals surface area contributed by atoms with E-state index in [0.29, 0.717) is 38.1 Å². The van der Waals surface area contributed by atoms with Gasteiger partial charge in [0.25, 0.3) is 5.91 Å². The first kappa shape index (κ1) is 21.9. The van der Waals surface area contributed by atoms with Crippen LogP contribution in [0.15, 0.2) is 76.8 Å². The Bertz CT molecular complexity index is 1140. The maximum atomic E-state index is 12.4. The van der Waals surface area contributed by atoms with Gasteiger partial charge < -0.3 is 10.1 Å². The van der Waals surface area contributed by atoms with E-state index >= 15 is 0 Å². The fourth-order valence-electron chi connectivity index (χ4n) is 2.56. The number of carbonyl (C=O) groups excluding carboxylic acids is 1. The van der Waals surface area contributed by atoms with Crippen molar-refractivity contribution in [2.24, 2.45) is 0 Å². The van der Waals surface area contributed by atoms with Gasteiger partial charge in [0.2, 0.25) is 0 Å². The Kier molecular flexibility index (Phi) is 7.53. The van der Waals surface area contributed by atoms with Crippen LogP contribution < -0.4 is 10.1 Å². The van der Waals surface area contributed by atoms with Crippen molar-refractivity contribution in [3.8, 4) is 11.8 Å². The van der Waals surface area contributed by atoms with Gasteiger partial charge in [-0.3, -0.25) is 4.79 Å². The van der Waals surface area contributed by atoms with Gasteiger partial charge >= 0.3 is 0 Å². The van der Waals surface area contributed by atoms with E-state index in [1.165, 1.54) is 6.08 Å². The van der Waals surface area contributed by atoms with Crippen LogP contribution in [0.5, 0.6) is 5.75 Å². The zero-order valence-corrected chi connectivity index (χ0v) is 18.6. The molecule has 0 unspecified atom stereocenters. The summed E-state index contributed by atoms with van der Waals surface area (Å²) in [5, 5.41) is 13.3. The molecule has 1 amide bonds. The summed E-state index contributed by atoms with van der Waals surface area (Å²) in [6.45, 7) is 0.362. The van der Waals surface area contributed by atoms with E-state index in [4.69, 9.17) is 27.9 Å². The fourth-order valence-corrected chi connectivity index (χ4v) is 3.41. The fraction of sp³-hybridized carbons (Fsp3) is 0.0435. The molecule has 150 valence electrons. The van der Waals surface area contributed by atoms with Crippen molar-refractivity contribution in [1.29, 1.82) is 5.26 Å². The van der Waals surface area contributed by atoms with Gasteiger partial charge in [-0.15, -0.1) is 0 Å². The second kappa shape index (κ2) is 10.3. The molecular weight excluding hydrogens is 487 g/mol. The van der Waals surface area contributed by atoms with Crippen LogP contribution in [0.3, 0.4) is 0 Å². The average Bonchev–Trinajstić information content (AvgIpc) is 2.73. The summed E-state index contributed by atoms with van der Waals surface area (Å²) < 4.78 is 6.52. The number of carbonyl (C=O) groups is 1. The topological polar surface area (TPSA) is 62.1 Å². The number of nitriles is 1. The van der Waals surface area contributed by atoms with E-state index < -0.39 is 5.91 Å². The van der Waals surface area contributed by atoms with Crippen LogP contribution in [0.1, 0.15) is 11.1 Å². The maximum Gasteiger partial charge on any atom is 0.266 e. The highest BCUT2D eigenvalue weighted by Crippen LogP contribution is 2.28. The largest absolute Gasteiger partial charge is 0.488 e. The Morgan fingerprint density at radius 2 is 1.83 bits per heavy atom. The van der Waals surface area contributed by atoms with Gasteiger partial charge in [-0.25, -0.2) is 0 Å². The third-order valence-corrected chi connectivity index (χ3v) is 5.12. The van der Waals surface area contributed by atoms with Gasteiger partial charge in [-0.05, 0) is 81.7 Å². The summed E-state index contributed by atoms with van der Waals surface area (Å²) in [4.78, 5) is 12.4. The number of hydrogen-bond donors (Lipinski definition) is 1. The number of ether oxygens (including phenoxy) is 1. The third kappa shape index (κ3) is 6.11. The SMILES string of the molecule is N#C/C(=C\c1ccc(OCc2cccc(Cl)c2)c(Br)c1)C(=O)Nc1ccc(Cl)cc1.